The Kier molecular flexibility index (Phi) is 32.0. The number of unbranched alkanes of at least 4 members (excludes halogenated alkanes) is 2. The number of allylic oxidation sites excluding steroid dienone is 5. The smallest absolute Gasteiger partial charge is 0.306 e. The molecule has 59 heavy (non-hydrogen) atoms. The Morgan fingerprint density at radius 3 is 2.14 bits per heavy atom. The Morgan fingerprint density at radius 2 is 1.64 bits per heavy atom. The van der Waals surface area contributed by atoms with Gasteiger partial charge < -0.3 is 24.9 Å². The molecular weight excluding hydrogens is 744 g/mol. The summed E-state index contributed by atoms with van der Waals surface area (Å²) in [6.45, 7) is 30.2. The molecule has 3 rings (SSSR count). The summed E-state index contributed by atoms with van der Waals surface area (Å²) in [5, 5.41) is 9.72. The lowest BCUT2D eigenvalue weighted by molar-refractivity contribution is -0.156. The van der Waals surface area contributed by atoms with Gasteiger partial charge in [0.2, 0.25) is 0 Å². The van der Waals surface area contributed by atoms with E-state index in [1.165, 1.54) is 23.6 Å². The van der Waals surface area contributed by atoms with Gasteiger partial charge in [0.05, 0.1) is 5.56 Å². The fourth-order valence-electron chi connectivity index (χ4n) is 4.74. The van der Waals surface area contributed by atoms with E-state index >= 15 is 0 Å². The standard InChI is InChI=1S/C34H47FN2O4.C8H10.C5H10.C2H6.CH2O2/c1-8-11-13-26-16-18-29(22-30(26)35)40-28(17-15-24(4)9-2)20-25(5)31-21-27(23-37-31)33(39)36-19-12-14-32(38)41-34(6,7)10-3;1-7-4-3-5-8(2)6-7;1-3-5-4-2;1-2;2-1-3/h15-18,20-24,37H,5,8-14,19H2,1-4,6-7H3,(H,36,39);3-6H,1-2H3;3H,1,4-5H2,2H3;1-2H3;1H,(H,2,3)/b17-15-,28-20+;;;;/t24-;;;;/m1..../s1. The number of H-pyrrole nitrogens is 1. The van der Waals surface area contributed by atoms with E-state index in [0.717, 1.165) is 32.1 Å². The Morgan fingerprint density at radius 1 is 1.00 bits per heavy atom. The molecular formula is C50H75FN2O6. The average molecular weight is 819 g/mol. The van der Waals surface area contributed by atoms with Crippen molar-refractivity contribution in [1.29, 1.82) is 0 Å². The summed E-state index contributed by atoms with van der Waals surface area (Å²) in [6, 6.07) is 15.1. The monoisotopic (exact) mass is 819 g/mol. The number of carbonyl (C=O) groups is 3. The molecule has 0 aliphatic heterocycles. The van der Waals surface area contributed by atoms with Crippen LogP contribution in [0.5, 0.6) is 5.75 Å². The summed E-state index contributed by atoms with van der Waals surface area (Å²) >= 11 is 0. The predicted molar refractivity (Wildman–Crippen MR) is 245 cm³/mol. The fourth-order valence-corrected chi connectivity index (χ4v) is 4.74. The minimum Gasteiger partial charge on any atom is -0.483 e. The van der Waals surface area contributed by atoms with E-state index in [2.05, 4.69) is 89.3 Å². The van der Waals surface area contributed by atoms with Gasteiger partial charge in [0.25, 0.3) is 12.4 Å². The second kappa shape index (κ2) is 33.8. The highest BCUT2D eigenvalue weighted by Gasteiger charge is 2.20. The van der Waals surface area contributed by atoms with Crippen LogP contribution < -0.4 is 10.1 Å². The van der Waals surface area contributed by atoms with Gasteiger partial charge in [-0.3, -0.25) is 14.4 Å². The Labute approximate surface area is 356 Å². The summed E-state index contributed by atoms with van der Waals surface area (Å²) < 4.78 is 26.1. The molecule has 0 fully saturated rings. The number of hydrogen-bond donors (Lipinski definition) is 3. The van der Waals surface area contributed by atoms with Crippen LogP contribution in [-0.2, 0) is 20.7 Å². The van der Waals surface area contributed by atoms with Gasteiger partial charge in [-0.15, -0.1) is 6.58 Å². The zero-order valence-electron chi connectivity index (χ0n) is 38.0. The minimum absolute atomic E-state index is 0.238. The van der Waals surface area contributed by atoms with Crippen LogP contribution in [0.15, 0.2) is 97.9 Å². The van der Waals surface area contributed by atoms with Crippen molar-refractivity contribution in [2.24, 2.45) is 5.92 Å². The first-order valence-corrected chi connectivity index (χ1v) is 21.1. The maximum Gasteiger partial charge on any atom is 0.306 e. The lowest BCUT2D eigenvalue weighted by Gasteiger charge is -2.23. The van der Waals surface area contributed by atoms with E-state index in [9.17, 15) is 14.0 Å². The highest BCUT2D eigenvalue weighted by atomic mass is 19.1. The molecule has 1 atom stereocenters. The summed E-state index contributed by atoms with van der Waals surface area (Å²) in [5.74, 6) is 0.456. The lowest BCUT2D eigenvalue weighted by Crippen LogP contribution is -2.28. The third kappa shape index (κ3) is 27.2. The highest BCUT2D eigenvalue weighted by Crippen LogP contribution is 2.24. The van der Waals surface area contributed by atoms with Crippen molar-refractivity contribution in [1.82, 2.24) is 10.3 Å². The molecule has 3 N–H and O–H groups in total. The van der Waals surface area contributed by atoms with E-state index in [1.807, 2.05) is 52.8 Å². The van der Waals surface area contributed by atoms with E-state index < -0.39 is 5.60 Å². The number of aryl methyl sites for hydroxylation is 3. The van der Waals surface area contributed by atoms with Crippen molar-refractivity contribution in [3.8, 4) is 5.75 Å². The Hall–Kier alpha value is -5.18. The van der Waals surface area contributed by atoms with Crippen LogP contribution >= 0.6 is 0 Å². The first kappa shape index (κ1) is 55.9. The number of esters is 1. The summed E-state index contributed by atoms with van der Waals surface area (Å²) in [7, 11) is 0. The van der Waals surface area contributed by atoms with E-state index in [1.54, 1.807) is 30.5 Å². The molecule has 0 spiro atoms. The number of amides is 1. The van der Waals surface area contributed by atoms with Crippen LogP contribution in [0.1, 0.15) is 146 Å². The second-order valence-corrected chi connectivity index (χ2v) is 14.4. The molecule has 9 heteroatoms. The molecule has 0 aliphatic carbocycles. The number of halogens is 1. The van der Waals surface area contributed by atoms with E-state index in [-0.39, 0.29) is 30.6 Å². The molecule has 0 saturated heterocycles. The predicted octanol–water partition coefficient (Wildman–Crippen LogP) is 13.3. The molecule has 1 aromatic heterocycles. The zero-order chi connectivity index (χ0) is 45.2. The van der Waals surface area contributed by atoms with Crippen LogP contribution in [0.4, 0.5) is 4.39 Å². The van der Waals surface area contributed by atoms with Crippen LogP contribution in [0.25, 0.3) is 5.57 Å². The van der Waals surface area contributed by atoms with Crippen molar-refractivity contribution in [3.63, 3.8) is 0 Å². The van der Waals surface area contributed by atoms with E-state index in [4.69, 9.17) is 19.4 Å². The van der Waals surface area contributed by atoms with Gasteiger partial charge in [-0.05, 0) is 101 Å². The van der Waals surface area contributed by atoms with Crippen molar-refractivity contribution in [2.45, 2.75) is 140 Å². The van der Waals surface area contributed by atoms with Gasteiger partial charge >= 0.3 is 5.97 Å². The number of aromatic nitrogens is 1. The molecule has 328 valence electrons. The maximum absolute atomic E-state index is 14.6. The number of aromatic amines is 1. The van der Waals surface area contributed by atoms with Crippen LogP contribution in [0, 0.1) is 25.6 Å². The quantitative estimate of drug-likeness (QED) is 0.0277. The Bertz CT molecular complexity index is 1690. The van der Waals surface area contributed by atoms with Gasteiger partial charge in [0.15, 0.2) is 0 Å². The maximum atomic E-state index is 14.6. The third-order valence-electron chi connectivity index (χ3n) is 8.65. The van der Waals surface area contributed by atoms with E-state index in [0.29, 0.717) is 59.2 Å². The van der Waals surface area contributed by atoms with Gasteiger partial charge in [0, 0.05) is 30.9 Å². The van der Waals surface area contributed by atoms with Crippen molar-refractivity contribution in [3.05, 3.63) is 132 Å². The summed E-state index contributed by atoms with van der Waals surface area (Å²) in [6.07, 6.45) is 16.7. The van der Waals surface area contributed by atoms with Gasteiger partial charge in [-0.2, -0.15) is 0 Å². The number of rotatable bonds is 19. The molecule has 0 saturated carbocycles. The van der Waals surface area contributed by atoms with Crippen LogP contribution in [0.3, 0.4) is 0 Å². The number of carboxylic acid groups (broad SMARTS) is 1. The third-order valence-corrected chi connectivity index (χ3v) is 8.65. The Balaban J connectivity index is 0. The molecule has 2 aromatic carbocycles. The number of nitrogens with one attached hydrogen (secondary N) is 2. The van der Waals surface area contributed by atoms with Gasteiger partial charge in [-0.1, -0.05) is 128 Å². The lowest BCUT2D eigenvalue weighted by atomic mass is 10.1. The van der Waals surface area contributed by atoms with Crippen molar-refractivity contribution in [2.75, 3.05) is 6.54 Å². The van der Waals surface area contributed by atoms with Crippen molar-refractivity contribution < 1.29 is 33.4 Å². The van der Waals surface area contributed by atoms with Gasteiger partial charge in [0.1, 0.15) is 22.9 Å². The second-order valence-electron chi connectivity index (χ2n) is 14.4. The fraction of sp³-hybridized carbons (Fsp3) is 0.460. The molecule has 1 amide bonds. The summed E-state index contributed by atoms with van der Waals surface area (Å²) in [4.78, 5) is 36.1. The number of ether oxygens (including phenoxy) is 2. The number of benzene rings is 2. The average Bonchev–Trinajstić information content (AvgIpc) is 3.71. The molecule has 0 aliphatic rings. The normalized spacial score (nSPS) is 11.1. The van der Waals surface area contributed by atoms with Crippen LogP contribution in [0.2, 0.25) is 0 Å². The number of carbonyl (C=O) groups excluding carboxylic acids is 2. The first-order valence-electron chi connectivity index (χ1n) is 21.1. The highest BCUT2D eigenvalue weighted by molar-refractivity contribution is 5.95. The molecule has 0 radical (unpaired) electrons. The van der Waals surface area contributed by atoms with Crippen LogP contribution in [-0.4, -0.2) is 40.6 Å². The molecule has 1 heterocycles. The molecule has 3 aromatic rings. The van der Waals surface area contributed by atoms with Gasteiger partial charge in [-0.25, -0.2) is 4.39 Å². The summed E-state index contributed by atoms with van der Waals surface area (Å²) in [5.41, 5.74) is 4.58. The largest absolute Gasteiger partial charge is 0.483 e. The molecule has 0 bridgehead atoms. The molecule has 0 unspecified atom stereocenters. The molecule has 8 nitrogen and oxygen atoms in total. The first-order chi connectivity index (χ1) is 28.1. The SMILES string of the molecule is C=C(/C=C(\C=C/[C@H](C)CC)Oc1ccc(CCCC)c(F)c1)c1cc(C(=O)NCCCC(=O)OC(C)(C)CC)c[nH]1.C=CCCC.CC.Cc1cccc(C)c1.O=CO. The number of hydrogen-bond acceptors (Lipinski definition) is 5. The minimum atomic E-state index is -0.483. The zero-order valence-corrected chi connectivity index (χ0v) is 38.0. The topological polar surface area (TPSA) is 118 Å². The van der Waals surface area contributed by atoms with Crippen molar-refractivity contribution >= 4 is 23.9 Å².